The summed E-state index contributed by atoms with van der Waals surface area (Å²) in [5, 5.41) is 5.48. The molecule has 2 rings (SSSR count). The molecule has 1 heterocycles. The van der Waals surface area contributed by atoms with E-state index in [9.17, 15) is 21.6 Å². The molecule has 0 atom stereocenters. The molecule has 0 radical (unpaired) electrons. The Morgan fingerprint density at radius 1 is 1.25 bits per heavy atom. The first-order chi connectivity index (χ1) is 9.20. The fraction of sp³-hybridized carbons (Fsp3) is 0.100. The molecule has 108 valence electrons. The highest BCUT2D eigenvalue weighted by Gasteiger charge is 2.31. The summed E-state index contributed by atoms with van der Waals surface area (Å²) >= 11 is 0. The Labute approximate surface area is 111 Å². The number of anilines is 2. The van der Waals surface area contributed by atoms with Gasteiger partial charge in [-0.05, 0) is 24.3 Å². The van der Waals surface area contributed by atoms with Crippen LogP contribution in [0, 0.1) is 0 Å². The van der Waals surface area contributed by atoms with Gasteiger partial charge in [-0.25, -0.2) is 0 Å². The molecule has 20 heavy (non-hydrogen) atoms. The molecule has 10 heteroatoms. The van der Waals surface area contributed by atoms with Crippen LogP contribution in [0.4, 0.5) is 24.5 Å². The number of hydrogen-bond acceptors (Lipinski definition) is 4. The van der Waals surface area contributed by atoms with E-state index < -0.39 is 21.8 Å². The van der Waals surface area contributed by atoms with Gasteiger partial charge in [0.1, 0.15) is 0 Å². The number of hydrogen-bond donors (Lipinski definition) is 3. The lowest BCUT2D eigenvalue weighted by Gasteiger charge is -2.12. The van der Waals surface area contributed by atoms with Crippen LogP contribution in [-0.4, -0.2) is 18.6 Å². The van der Waals surface area contributed by atoms with Gasteiger partial charge in [-0.3, -0.25) is 9.82 Å². The zero-order chi connectivity index (χ0) is 15.0. The standard InChI is InChI=1S/C10H9F3N4O2S/c11-10(12,13)6-1-2-8(7(14)5-6)17-20(18,19)9-3-4-15-16-9/h1-5,17H,14H2,(H,15,16). The quantitative estimate of drug-likeness (QED) is 0.753. The van der Waals surface area contributed by atoms with Gasteiger partial charge in [0, 0.05) is 0 Å². The molecule has 2 aromatic rings. The van der Waals surface area contributed by atoms with E-state index >= 15 is 0 Å². The number of halogens is 3. The van der Waals surface area contributed by atoms with Crippen molar-refractivity contribution in [2.45, 2.75) is 11.2 Å². The number of nitrogens with zero attached hydrogens (tertiary/aromatic N) is 1. The number of nitrogens with two attached hydrogens (primary N) is 1. The maximum atomic E-state index is 12.5. The van der Waals surface area contributed by atoms with Crippen molar-refractivity contribution in [2.75, 3.05) is 10.5 Å². The van der Waals surface area contributed by atoms with E-state index in [4.69, 9.17) is 5.73 Å². The first-order valence-electron chi connectivity index (χ1n) is 5.19. The zero-order valence-electron chi connectivity index (χ0n) is 9.77. The van der Waals surface area contributed by atoms with Gasteiger partial charge in [0.05, 0.1) is 23.1 Å². The summed E-state index contributed by atoms with van der Waals surface area (Å²) in [5.74, 6) is 0. The van der Waals surface area contributed by atoms with Crippen LogP contribution in [0.2, 0.25) is 0 Å². The van der Waals surface area contributed by atoms with Crippen molar-refractivity contribution >= 4 is 21.4 Å². The van der Waals surface area contributed by atoms with Gasteiger partial charge in [-0.1, -0.05) is 0 Å². The van der Waals surface area contributed by atoms with Gasteiger partial charge in [-0.2, -0.15) is 26.7 Å². The summed E-state index contributed by atoms with van der Waals surface area (Å²) in [7, 11) is -3.97. The molecule has 0 spiro atoms. The summed E-state index contributed by atoms with van der Waals surface area (Å²) < 4.78 is 63.1. The van der Waals surface area contributed by atoms with Crippen LogP contribution in [0.15, 0.2) is 35.5 Å². The lowest BCUT2D eigenvalue weighted by molar-refractivity contribution is -0.137. The minimum Gasteiger partial charge on any atom is -0.397 e. The number of alkyl halides is 3. The SMILES string of the molecule is Nc1cc(C(F)(F)F)ccc1NS(=O)(=O)c1ccn[nH]1. The highest BCUT2D eigenvalue weighted by Crippen LogP contribution is 2.33. The molecular weight excluding hydrogens is 297 g/mol. The Balaban J connectivity index is 2.32. The zero-order valence-corrected chi connectivity index (χ0v) is 10.6. The summed E-state index contributed by atoms with van der Waals surface area (Å²) in [5.41, 5.74) is 3.99. The molecule has 1 aromatic carbocycles. The molecule has 0 saturated heterocycles. The predicted molar refractivity (Wildman–Crippen MR) is 65.3 cm³/mol. The van der Waals surface area contributed by atoms with Crippen molar-refractivity contribution in [3.8, 4) is 0 Å². The third kappa shape index (κ3) is 2.85. The maximum Gasteiger partial charge on any atom is 0.416 e. The molecular formula is C10H9F3N4O2S. The smallest absolute Gasteiger partial charge is 0.397 e. The van der Waals surface area contributed by atoms with Crippen molar-refractivity contribution in [2.24, 2.45) is 0 Å². The summed E-state index contributed by atoms with van der Waals surface area (Å²) in [6.45, 7) is 0. The Bertz CT molecular complexity index is 711. The number of rotatable bonds is 3. The molecule has 0 aliphatic heterocycles. The second kappa shape index (κ2) is 4.71. The number of aromatic nitrogens is 2. The fourth-order valence-electron chi connectivity index (χ4n) is 1.42. The fourth-order valence-corrected chi connectivity index (χ4v) is 2.42. The van der Waals surface area contributed by atoms with Gasteiger partial charge in [-0.15, -0.1) is 0 Å². The topological polar surface area (TPSA) is 101 Å². The number of nitrogen functional groups attached to an aromatic ring is 1. The largest absolute Gasteiger partial charge is 0.416 e. The van der Waals surface area contributed by atoms with E-state index in [-0.39, 0.29) is 16.4 Å². The van der Waals surface area contributed by atoms with Crippen molar-refractivity contribution in [1.29, 1.82) is 0 Å². The molecule has 0 fully saturated rings. The van der Waals surface area contributed by atoms with E-state index in [0.29, 0.717) is 6.07 Å². The second-order valence-electron chi connectivity index (χ2n) is 3.83. The van der Waals surface area contributed by atoms with E-state index in [0.717, 1.165) is 12.1 Å². The molecule has 0 aliphatic rings. The average Bonchev–Trinajstić information content (AvgIpc) is 2.84. The summed E-state index contributed by atoms with van der Waals surface area (Å²) in [4.78, 5) is 0. The Kier molecular flexibility index (Phi) is 3.34. The lowest BCUT2D eigenvalue weighted by atomic mass is 10.2. The number of nitrogens with one attached hydrogen (secondary N) is 2. The molecule has 0 saturated carbocycles. The number of sulfonamides is 1. The number of aromatic amines is 1. The Morgan fingerprint density at radius 2 is 1.95 bits per heavy atom. The molecule has 0 aliphatic carbocycles. The molecule has 1 aromatic heterocycles. The van der Waals surface area contributed by atoms with Gasteiger partial charge in [0.2, 0.25) is 0 Å². The number of benzene rings is 1. The van der Waals surface area contributed by atoms with Crippen LogP contribution < -0.4 is 10.5 Å². The highest BCUT2D eigenvalue weighted by atomic mass is 32.2. The maximum absolute atomic E-state index is 12.5. The molecule has 0 bridgehead atoms. The Morgan fingerprint density at radius 3 is 2.45 bits per heavy atom. The van der Waals surface area contributed by atoms with Crippen LogP contribution in [0.1, 0.15) is 5.56 Å². The normalized spacial score (nSPS) is 12.3. The first kappa shape index (κ1) is 14.2. The minimum atomic E-state index is -4.55. The third-order valence-corrected chi connectivity index (χ3v) is 3.68. The minimum absolute atomic E-state index is 0.146. The second-order valence-corrected chi connectivity index (χ2v) is 5.48. The van der Waals surface area contributed by atoms with Crippen LogP contribution in [0.25, 0.3) is 0 Å². The van der Waals surface area contributed by atoms with E-state index in [2.05, 4.69) is 14.9 Å². The van der Waals surface area contributed by atoms with Crippen LogP contribution >= 0.6 is 0 Å². The summed E-state index contributed by atoms with van der Waals surface area (Å²) in [6.07, 6.45) is -3.32. The van der Waals surface area contributed by atoms with Gasteiger partial charge in [0.15, 0.2) is 5.03 Å². The van der Waals surface area contributed by atoms with Gasteiger partial charge in [0.25, 0.3) is 10.0 Å². The van der Waals surface area contributed by atoms with E-state index in [1.54, 1.807) is 0 Å². The van der Waals surface area contributed by atoms with Gasteiger partial charge >= 0.3 is 6.18 Å². The average molecular weight is 306 g/mol. The van der Waals surface area contributed by atoms with Crippen LogP contribution in [0.3, 0.4) is 0 Å². The number of H-pyrrole nitrogens is 1. The van der Waals surface area contributed by atoms with Gasteiger partial charge < -0.3 is 5.73 Å². The van der Waals surface area contributed by atoms with Crippen molar-refractivity contribution in [1.82, 2.24) is 10.2 Å². The molecule has 0 unspecified atom stereocenters. The van der Waals surface area contributed by atoms with Crippen LogP contribution in [-0.2, 0) is 16.2 Å². The molecule has 0 amide bonds. The first-order valence-corrected chi connectivity index (χ1v) is 6.67. The molecule has 4 N–H and O–H groups in total. The van der Waals surface area contributed by atoms with E-state index in [1.807, 2.05) is 0 Å². The highest BCUT2D eigenvalue weighted by molar-refractivity contribution is 7.92. The van der Waals surface area contributed by atoms with Crippen molar-refractivity contribution in [3.63, 3.8) is 0 Å². The summed E-state index contributed by atoms with van der Waals surface area (Å²) in [6, 6.07) is 3.54. The Hall–Kier alpha value is -2.23. The van der Waals surface area contributed by atoms with E-state index in [1.165, 1.54) is 12.3 Å². The monoisotopic (exact) mass is 306 g/mol. The third-order valence-electron chi connectivity index (χ3n) is 2.39. The van der Waals surface area contributed by atoms with Crippen molar-refractivity contribution in [3.05, 3.63) is 36.0 Å². The lowest BCUT2D eigenvalue weighted by Crippen LogP contribution is -2.15. The molecule has 6 nitrogen and oxygen atoms in total. The van der Waals surface area contributed by atoms with Crippen molar-refractivity contribution < 1.29 is 21.6 Å². The van der Waals surface area contributed by atoms with Crippen LogP contribution in [0.5, 0.6) is 0 Å². The predicted octanol–water partition coefficient (Wildman–Crippen LogP) is 1.81.